The standard InChI is InChI=1S/C11H14BrCl2NO2S/c1-8(2)15(6-5-13)18(16,17)9-3-4-11(14)10(12)7-9/h3-4,7-8H,5-6H2,1-2H3. The van der Waals surface area contributed by atoms with Gasteiger partial charge in [-0.15, -0.1) is 11.6 Å². The molecular weight excluding hydrogens is 361 g/mol. The summed E-state index contributed by atoms with van der Waals surface area (Å²) in [5.74, 6) is 0.256. The van der Waals surface area contributed by atoms with Gasteiger partial charge in [0.05, 0.1) is 9.92 Å². The Kier molecular flexibility index (Phi) is 5.93. The van der Waals surface area contributed by atoms with Crippen LogP contribution >= 0.6 is 39.1 Å². The first kappa shape index (κ1) is 16.2. The molecule has 0 aromatic heterocycles. The van der Waals surface area contributed by atoms with Crippen molar-refractivity contribution < 1.29 is 8.42 Å². The molecule has 0 fully saturated rings. The van der Waals surface area contributed by atoms with Crippen molar-refractivity contribution in [3.05, 3.63) is 27.7 Å². The third kappa shape index (κ3) is 3.61. The molecule has 0 saturated heterocycles. The van der Waals surface area contributed by atoms with Gasteiger partial charge in [0.25, 0.3) is 0 Å². The lowest BCUT2D eigenvalue weighted by Crippen LogP contribution is -2.38. The molecule has 0 atom stereocenters. The highest BCUT2D eigenvalue weighted by Gasteiger charge is 2.26. The van der Waals surface area contributed by atoms with Gasteiger partial charge in [0.2, 0.25) is 10.0 Å². The van der Waals surface area contributed by atoms with Gasteiger partial charge in [0.1, 0.15) is 0 Å². The van der Waals surface area contributed by atoms with Crippen molar-refractivity contribution in [2.24, 2.45) is 0 Å². The fourth-order valence-corrected chi connectivity index (χ4v) is 4.11. The molecule has 0 heterocycles. The van der Waals surface area contributed by atoms with E-state index in [-0.39, 0.29) is 23.4 Å². The van der Waals surface area contributed by atoms with E-state index in [1.807, 2.05) is 13.8 Å². The van der Waals surface area contributed by atoms with E-state index in [2.05, 4.69) is 15.9 Å². The van der Waals surface area contributed by atoms with E-state index < -0.39 is 10.0 Å². The van der Waals surface area contributed by atoms with E-state index in [1.54, 1.807) is 6.07 Å². The van der Waals surface area contributed by atoms with Crippen LogP contribution in [0.25, 0.3) is 0 Å². The minimum Gasteiger partial charge on any atom is -0.207 e. The summed E-state index contributed by atoms with van der Waals surface area (Å²) in [6, 6.07) is 4.40. The van der Waals surface area contributed by atoms with E-state index in [0.29, 0.717) is 9.50 Å². The summed E-state index contributed by atoms with van der Waals surface area (Å²) in [7, 11) is -3.54. The Morgan fingerprint density at radius 1 is 1.39 bits per heavy atom. The fourth-order valence-electron chi connectivity index (χ4n) is 1.51. The lowest BCUT2D eigenvalue weighted by Gasteiger charge is -2.25. The fraction of sp³-hybridized carbons (Fsp3) is 0.455. The van der Waals surface area contributed by atoms with Crippen LogP contribution in [0.4, 0.5) is 0 Å². The number of benzene rings is 1. The van der Waals surface area contributed by atoms with Gasteiger partial charge in [0, 0.05) is 22.9 Å². The molecule has 1 aromatic rings. The molecule has 0 spiro atoms. The maximum atomic E-state index is 12.4. The first-order valence-electron chi connectivity index (χ1n) is 5.33. The quantitative estimate of drug-likeness (QED) is 0.736. The van der Waals surface area contributed by atoms with Gasteiger partial charge in [-0.1, -0.05) is 11.6 Å². The average Bonchev–Trinajstić information content (AvgIpc) is 2.28. The van der Waals surface area contributed by atoms with Crippen LogP contribution in [0.3, 0.4) is 0 Å². The first-order valence-corrected chi connectivity index (χ1v) is 8.48. The number of hydrogen-bond acceptors (Lipinski definition) is 2. The van der Waals surface area contributed by atoms with Gasteiger partial charge in [0.15, 0.2) is 0 Å². The van der Waals surface area contributed by atoms with Crippen molar-refractivity contribution in [2.75, 3.05) is 12.4 Å². The Labute approximate surface area is 126 Å². The van der Waals surface area contributed by atoms with Gasteiger partial charge < -0.3 is 0 Å². The van der Waals surface area contributed by atoms with E-state index in [1.165, 1.54) is 16.4 Å². The van der Waals surface area contributed by atoms with E-state index >= 15 is 0 Å². The number of hydrogen-bond donors (Lipinski definition) is 0. The number of rotatable bonds is 5. The van der Waals surface area contributed by atoms with Crippen molar-refractivity contribution in [2.45, 2.75) is 24.8 Å². The third-order valence-electron chi connectivity index (χ3n) is 2.38. The predicted octanol–water partition coefficient (Wildman–Crippen LogP) is 3.74. The van der Waals surface area contributed by atoms with Crippen LogP contribution in [0.15, 0.2) is 27.6 Å². The summed E-state index contributed by atoms with van der Waals surface area (Å²) >= 11 is 14.7. The largest absolute Gasteiger partial charge is 0.243 e. The van der Waals surface area contributed by atoms with Crippen LogP contribution in [0.2, 0.25) is 5.02 Å². The SMILES string of the molecule is CC(C)N(CCCl)S(=O)(=O)c1ccc(Cl)c(Br)c1. The topological polar surface area (TPSA) is 37.4 Å². The van der Waals surface area contributed by atoms with Gasteiger partial charge in [-0.25, -0.2) is 8.42 Å². The molecule has 102 valence electrons. The summed E-state index contributed by atoms with van der Waals surface area (Å²) in [5.41, 5.74) is 0. The van der Waals surface area contributed by atoms with Crippen LogP contribution < -0.4 is 0 Å². The molecule has 0 aliphatic heterocycles. The van der Waals surface area contributed by atoms with Crippen molar-refractivity contribution >= 4 is 49.2 Å². The van der Waals surface area contributed by atoms with Crippen molar-refractivity contribution in [3.63, 3.8) is 0 Å². The zero-order valence-corrected chi connectivity index (χ0v) is 13.9. The number of nitrogens with zero attached hydrogens (tertiary/aromatic N) is 1. The zero-order chi connectivity index (χ0) is 13.9. The highest BCUT2D eigenvalue weighted by molar-refractivity contribution is 9.10. The Bertz CT molecular complexity index is 520. The Morgan fingerprint density at radius 2 is 2.00 bits per heavy atom. The van der Waals surface area contributed by atoms with Crippen LogP contribution in [0.1, 0.15) is 13.8 Å². The normalized spacial score (nSPS) is 12.4. The summed E-state index contributed by atoms with van der Waals surface area (Å²) in [6.45, 7) is 3.91. The minimum atomic E-state index is -3.54. The van der Waals surface area contributed by atoms with Gasteiger partial charge in [-0.05, 0) is 48.0 Å². The third-order valence-corrected chi connectivity index (χ3v) is 5.83. The monoisotopic (exact) mass is 373 g/mol. The molecule has 0 aliphatic carbocycles. The average molecular weight is 375 g/mol. The molecular formula is C11H14BrCl2NO2S. The second kappa shape index (κ2) is 6.57. The number of alkyl halides is 1. The zero-order valence-electron chi connectivity index (χ0n) is 10.0. The van der Waals surface area contributed by atoms with Crippen LogP contribution in [0, 0.1) is 0 Å². The number of sulfonamides is 1. The number of halogens is 3. The summed E-state index contributed by atoms with van der Waals surface area (Å²) < 4.78 is 26.8. The van der Waals surface area contributed by atoms with Crippen molar-refractivity contribution in [1.29, 1.82) is 0 Å². The van der Waals surface area contributed by atoms with Gasteiger partial charge in [-0.3, -0.25) is 0 Å². The Balaban J connectivity index is 3.22. The molecule has 0 N–H and O–H groups in total. The van der Waals surface area contributed by atoms with E-state index in [9.17, 15) is 8.42 Å². The summed E-state index contributed by atoms with van der Waals surface area (Å²) in [5, 5.41) is 0.474. The molecule has 0 amide bonds. The molecule has 7 heteroatoms. The van der Waals surface area contributed by atoms with Crippen LogP contribution in [-0.2, 0) is 10.0 Å². The van der Waals surface area contributed by atoms with Crippen molar-refractivity contribution in [3.8, 4) is 0 Å². The summed E-state index contributed by atoms with van der Waals surface area (Å²) in [4.78, 5) is 0.206. The highest BCUT2D eigenvalue weighted by atomic mass is 79.9. The maximum Gasteiger partial charge on any atom is 0.243 e. The highest BCUT2D eigenvalue weighted by Crippen LogP contribution is 2.27. The molecule has 0 radical (unpaired) electrons. The second-order valence-electron chi connectivity index (χ2n) is 3.97. The molecule has 0 unspecified atom stereocenters. The van der Waals surface area contributed by atoms with E-state index in [0.717, 1.165) is 0 Å². The van der Waals surface area contributed by atoms with Gasteiger partial charge >= 0.3 is 0 Å². The second-order valence-corrected chi connectivity index (χ2v) is 7.50. The smallest absolute Gasteiger partial charge is 0.207 e. The molecule has 18 heavy (non-hydrogen) atoms. The van der Waals surface area contributed by atoms with E-state index in [4.69, 9.17) is 23.2 Å². The van der Waals surface area contributed by atoms with Crippen LogP contribution in [-0.4, -0.2) is 31.2 Å². The minimum absolute atomic E-state index is 0.150. The lowest BCUT2D eigenvalue weighted by molar-refractivity contribution is 0.370. The van der Waals surface area contributed by atoms with Gasteiger partial charge in [-0.2, -0.15) is 4.31 Å². The maximum absolute atomic E-state index is 12.4. The molecule has 3 nitrogen and oxygen atoms in total. The molecule has 0 bridgehead atoms. The lowest BCUT2D eigenvalue weighted by atomic mass is 10.4. The van der Waals surface area contributed by atoms with Crippen LogP contribution in [0.5, 0.6) is 0 Å². The molecule has 0 aliphatic rings. The Morgan fingerprint density at radius 3 is 2.44 bits per heavy atom. The summed E-state index contributed by atoms with van der Waals surface area (Å²) in [6.07, 6.45) is 0. The van der Waals surface area contributed by atoms with Crippen molar-refractivity contribution in [1.82, 2.24) is 4.31 Å². The molecule has 1 rings (SSSR count). The Hall–Kier alpha value is 0.190. The molecule has 0 saturated carbocycles. The first-order chi connectivity index (χ1) is 8.30. The predicted molar refractivity (Wildman–Crippen MR) is 78.9 cm³/mol. The molecule has 1 aromatic carbocycles.